The van der Waals surface area contributed by atoms with E-state index in [1.54, 1.807) is 32.0 Å². The van der Waals surface area contributed by atoms with Crippen molar-refractivity contribution >= 4 is 27.5 Å². The van der Waals surface area contributed by atoms with Crippen LogP contribution in [0.5, 0.6) is 28.7 Å². The summed E-state index contributed by atoms with van der Waals surface area (Å²) in [5.41, 5.74) is 0.834. The molecule has 0 heterocycles. The van der Waals surface area contributed by atoms with Crippen molar-refractivity contribution in [2.45, 2.75) is 46.5 Å². The van der Waals surface area contributed by atoms with E-state index < -0.39 is 18.2 Å². The molecule has 9 heteroatoms. The molecule has 0 aliphatic heterocycles. The first-order valence-electron chi connectivity index (χ1n) is 12.0. The fourth-order valence-electron chi connectivity index (χ4n) is 4.63. The van der Waals surface area contributed by atoms with Gasteiger partial charge < -0.3 is 29.2 Å². The summed E-state index contributed by atoms with van der Waals surface area (Å²) in [7, 11) is 2.85. The summed E-state index contributed by atoms with van der Waals surface area (Å²) in [6.45, 7) is 6.75. The van der Waals surface area contributed by atoms with Crippen LogP contribution in [0.4, 0.5) is 0 Å². The minimum absolute atomic E-state index is 0.00846. The van der Waals surface area contributed by atoms with Gasteiger partial charge in [0.05, 0.1) is 55.3 Å². The number of ketones is 2. The van der Waals surface area contributed by atoms with E-state index in [2.05, 4.69) is 15.9 Å². The summed E-state index contributed by atoms with van der Waals surface area (Å²) < 4.78 is 23.1. The number of phenolic OH excluding ortho intramolecular Hbond substituents is 1. The van der Waals surface area contributed by atoms with Gasteiger partial charge in [-0.1, -0.05) is 15.9 Å². The Morgan fingerprint density at radius 3 is 1.92 bits per heavy atom. The quantitative estimate of drug-likeness (QED) is 0.272. The molecule has 3 aromatic rings. The van der Waals surface area contributed by atoms with Crippen LogP contribution in [0.15, 0.2) is 34.8 Å². The fourth-order valence-corrected chi connectivity index (χ4v) is 5.15. The molecule has 1 aliphatic carbocycles. The summed E-state index contributed by atoms with van der Waals surface area (Å²) in [5, 5.41) is 21.5. The number of ether oxygens (including phenoxy) is 4. The largest absolute Gasteiger partial charge is 0.507 e. The van der Waals surface area contributed by atoms with Gasteiger partial charge in [-0.3, -0.25) is 9.59 Å². The third-order valence-electron chi connectivity index (χ3n) is 6.05. The average molecular weight is 585 g/mol. The van der Waals surface area contributed by atoms with Crippen LogP contribution in [0.3, 0.4) is 0 Å². The maximum atomic E-state index is 14.3. The predicted octanol–water partition coefficient (Wildman–Crippen LogP) is 5.68. The first-order valence-corrected chi connectivity index (χ1v) is 12.8. The predicted molar refractivity (Wildman–Crippen MR) is 145 cm³/mol. The fraction of sp³-hybridized carbons (Fsp3) is 0.310. The molecule has 0 saturated heterocycles. The van der Waals surface area contributed by atoms with E-state index in [4.69, 9.17) is 18.9 Å². The maximum Gasteiger partial charge on any atom is 0.202 e. The van der Waals surface area contributed by atoms with Gasteiger partial charge in [-0.05, 0) is 51.5 Å². The van der Waals surface area contributed by atoms with Crippen LogP contribution in [0.2, 0.25) is 0 Å². The molecule has 200 valence electrons. The molecule has 0 aromatic heterocycles. The molecule has 3 aromatic carbocycles. The summed E-state index contributed by atoms with van der Waals surface area (Å²) in [6, 6.07) is 7.74. The van der Waals surface area contributed by atoms with Gasteiger partial charge in [-0.15, -0.1) is 0 Å². The van der Waals surface area contributed by atoms with Gasteiger partial charge in [-0.25, -0.2) is 0 Å². The summed E-state index contributed by atoms with van der Waals surface area (Å²) >= 11 is 3.44. The molecule has 0 amide bonds. The number of aliphatic hydroxyl groups is 1. The third-order valence-corrected chi connectivity index (χ3v) is 6.71. The maximum absolute atomic E-state index is 14.3. The zero-order chi connectivity index (χ0) is 27.9. The molecule has 0 unspecified atom stereocenters. The van der Waals surface area contributed by atoms with Crippen LogP contribution in [0.25, 0.3) is 11.1 Å². The van der Waals surface area contributed by atoms with Crippen LogP contribution in [-0.2, 0) is 6.61 Å². The van der Waals surface area contributed by atoms with Crippen LogP contribution >= 0.6 is 15.9 Å². The summed E-state index contributed by atoms with van der Waals surface area (Å²) in [5.74, 6) is -0.277. The number of phenols is 1. The zero-order valence-electron chi connectivity index (χ0n) is 22.0. The van der Waals surface area contributed by atoms with Crippen molar-refractivity contribution in [1.82, 2.24) is 0 Å². The number of methoxy groups -OCH3 is 2. The first kappa shape index (κ1) is 27.5. The molecule has 4 rings (SSSR count). The minimum atomic E-state index is -0.502. The topological polar surface area (TPSA) is 112 Å². The van der Waals surface area contributed by atoms with E-state index in [1.807, 2.05) is 13.8 Å². The zero-order valence-corrected chi connectivity index (χ0v) is 23.6. The van der Waals surface area contributed by atoms with Crippen LogP contribution in [0.1, 0.15) is 65.1 Å². The number of benzene rings is 3. The molecule has 8 nitrogen and oxygen atoms in total. The lowest BCUT2D eigenvalue weighted by molar-refractivity contribution is 0.0968. The van der Waals surface area contributed by atoms with E-state index in [9.17, 15) is 19.8 Å². The van der Waals surface area contributed by atoms with Crippen molar-refractivity contribution < 1.29 is 38.7 Å². The van der Waals surface area contributed by atoms with E-state index >= 15 is 0 Å². The van der Waals surface area contributed by atoms with Crippen molar-refractivity contribution in [3.05, 3.63) is 62.6 Å². The molecule has 0 saturated carbocycles. The highest BCUT2D eigenvalue weighted by Crippen LogP contribution is 2.50. The Hall–Kier alpha value is -3.56. The van der Waals surface area contributed by atoms with Gasteiger partial charge in [0, 0.05) is 27.7 Å². The lowest BCUT2D eigenvalue weighted by Gasteiger charge is -2.28. The van der Waals surface area contributed by atoms with Crippen molar-refractivity contribution in [1.29, 1.82) is 0 Å². The molecule has 1 aliphatic rings. The monoisotopic (exact) mass is 584 g/mol. The molecule has 2 N–H and O–H groups in total. The van der Waals surface area contributed by atoms with E-state index in [-0.39, 0.29) is 74.2 Å². The highest BCUT2D eigenvalue weighted by atomic mass is 79.9. The Kier molecular flexibility index (Phi) is 7.71. The number of aliphatic hydroxyl groups excluding tert-OH is 1. The van der Waals surface area contributed by atoms with Crippen LogP contribution < -0.4 is 18.9 Å². The minimum Gasteiger partial charge on any atom is -0.507 e. The molecule has 0 atom stereocenters. The Morgan fingerprint density at radius 1 is 0.737 bits per heavy atom. The first-order chi connectivity index (χ1) is 18.0. The third kappa shape index (κ3) is 4.61. The molecule has 0 fully saturated rings. The number of fused-ring (bicyclic) bond motifs is 2. The molecule has 0 radical (unpaired) electrons. The van der Waals surface area contributed by atoms with Gasteiger partial charge in [0.2, 0.25) is 5.78 Å². The molecule has 0 spiro atoms. The second kappa shape index (κ2) is 10.7. The Balaban J connectivity index is 2.17. The molecular formula is C29H29BrO8. The number of rotatable bonds is 8. The van der Waals surface area contributed by atoms with E-state index in [1.165, 1.54) is 26.4 Å². The molecular weight excluding hydrogens is 556 g/mol. The van der Waals surface area contributed by atoms with E-state index in [0.717, 1.165) is 0 Å². The van der Waals surface area contributed by atoms with Crippen molar-refractivity contribution in [2.24, 2.45) is 0 Å². The average Bonchev–Trinajstić information content (AvgIpc) is 2.86. The summed E-state index contributed by atoms with van der Waals surface area (Å²) in [4.78, 5) is 28.5. The number of hydrogen-bond donors (Lipinski definition) is 2. The lowest BCUT2D eigenvalue weighted by Crippen LogP contribution is -2.26. The van der Waals surface area contributed by atoms with Crippen LogP contribution in [0, 0.1) is 0 Å². The van der Waals surface area contributed by atoms with Gasteiger partial charge in [0.15, 0.2) is 5.78 Å². The second-order valence-corrected chi connectivity index (χ2v) is 10.2. The highest BCUT2D eigenvalue weighted by molar-refractivity contribution is 9.10. The number of carbonyl (C=O) groups is 2. The Labute approximate surface area is 229 Å². The number of carbonyl (C=O) groups excluding carboxylic acids is 2. The molecule has 0 bridgehead atoms. The van der Waals surface area contributed by atoms with Crippen molar-refractivity contribution in [2.75, 3.05) is 14.2 Å². The van der Waals surface area contributed by atoms with Crippen LogP contribution in [-0.4, -0.2) is 48.2 Å². The second-order valence-electron chi connectivity index (χ2n) is 9.33. The Morgan fingerprint density at radius 2 is 1.34 bits per heavy atom. The van der Waals surface area contributed by atoms with Crippen molar-refractivity contribution in [3.8, 4) is 39.9 Å². The number of halogens is 1. The number of aromatic hydroxyl groups is 1. The number of hydrogen-bond acceptors (Lipinski definition) is 8. The van der Waals surface area contributed by atoms with E-state index in [0.29, 0.717) is 10.2 Å². The van der Waals surface area contributed by atoms with Gasteiger partial charge in [-0.2, -0.15) is 0 Å². The van der Waals surface area contributed by atoms with Gasteiger partial charge in [0.25, 0.3) is 0 Å². The highest BCUT2D eigenvalue weighted by Gasteiger charge is 2.40. The SMILES string of the molecule is COc1cc(O)c(-c2c(CO)cc(OC(C)C)c3c2C(=O)c2c(Br)ccc(OC(C)C)c2C3=O)c(OC)c1. The standard InChI is InChI=1S/C29H29BrO8/c1-13(2)37-19-8-7-17(30)23-25(19)29(34)26-21(38-14(3)4)9-15(12-31)22(27(26)28(23)33)24-18(32)10-16(35-5)11-20(24)36-6/h7-11,13-14,31-32H,12H2,1-6H3. The van der Waals surface area contributed by atoms with Gasteiger partial charge in [0.1, 0.15) is 28.7 Å². The molecule has 38 heavy (non-hydrogen) atoms. The summed E-state index contributed by atoms with van der Waals surface area (Å²) in [6.07, 6.45) is -0.581. The smallest absolute Gasteiger partial charge is 0.202 e. The lowest BCUT2D eigenvalue weighted by atomic mass is 9.77. The van der Waals surface area contributed by atoms with Crippen molar-refractivity contribution in [3.63, 3.8) is 0 Å². The Bertz CT molecular complexity index is 1440. The van der Waals surface area contributed by atoms with Gasteiger partial charge >= 0.3 is 0 Å². The normalized spacial score (nSPS) is 12.5.